The van der Waals surface area contributed by atoms with Gasteiger partial charge in [0.2, 0.25) is 5.91 Å². The van der Waals surface area contributed by atoms with Crippen LogP contribution in [0.5, 0.6) is 0 Å². The molecule has 1 aliphatic heterocycles. The number of benzene rings is 2. The Morgan fingerprint density at radius 1 is 1.12 bits per heavy atom. The standard InChI is InChI=1S/C24H29N3O4S/c1-3-4-14-25-24(31)22(29)18(15-16-10-6-5-7-11-16)26-23(30)20-21(28)17-12-8-9-13-19(17)32-27(20)2/h5-13,18,20,22,29H,3-4,14-15H2,1-2H3,(H,25,31)(H,26,30)/t18-,20?,22+/m0/s1. The Kier molecular flexibility index (Phi) is 8.44. The summed E-state index contributed by atoms with van der Waals surface area (Å²) in [6, 6.07) is 14.5. The van der Waals surface area contributed by atoms with Gasteiger partial charge < -0.3 is 15.7 Å². The van der Waals surface area contributed by atoms with Gasteiger partial charge >= 0.3 is 0 Å². The van der Waals surface area contributed by atoms with E-state index < -0.39 is 30.0 Å². The second-order valence-electron chi connectivity index (χ2n) is 7.79. The normalized spacial score (nSPS) is 17.8. The topological polar surface area (TPSA) is 98.7 Å². The highest BCUT2D eigenvalue weighted by molar-refractivity contribution is 7.97. The molecular weight excluding hydrogens is 426 g/mol. The Bertz CT molecular complexity index is 953. The summed E-state index contributed by atoms with van der Waals surface area (Å²) < 4.78 is 1.60. The van der Waals surface area contributed by atoms with Crippen LogP contribution in [0.1, 0.15) is 35.7 Å². The number of Topliss-reactive ketones (excluding diaryl/α,β-unsaturated/α-hetero) is 1. The molecule has 0 saturated heterocycles. The summed E-state index contributed by atoms with van der Waals surface area (Å²) in [6.45, 7) is 2.46. The lowest BCUT2D eigenvalue weighted by molar-refractivity contribution is -0.132. The average Bonchev–Trinajstić information content (AvgIpc) is 2.79. The van der Waals surface area contributed by atoms with E-state index >= 15 is 0 Å². The second kappa shape index (κ2) is 11.3. The number of rotatable bonds is 9. The lowest BCUT2D eigenvalue weighted by Crippen LogP contribution is -2.57. The predicted octanol–water partition coefficient (Wildman–Crippen LogP) is 2.20. The van der Waals surface area contributed by atoms with Crippen LogP contribution in [0.15, 0.2) is 59.5 Å². The van der Waals surface area contributed by atoms with Gasteiger partial charge in [-0.2, -0.15) is 0 Å². The fourth-order valence-electron chi connectivity index (χ4n) is 3.60. The highest BCUT2D eigenvalue weighted by Gasteiger charge is 2.39. The Morgan fingerprint density at radius 2 is 1.81 bits per heavy atom. The molecule has 0 aliphatic carbocycles. The van der Waals surface area contributed by atoms with E-state index in [2.05, 4.69) is 10.6 Å². The van der Waals surface area contributed by atoms with Gasteiger partial charge in [-0.3, -0.25) is 14.4 Å². The molecule has 1 unspecified atom stereocenters. The lowest BCUT2D eigenvalue weighted by Gasteiger charge is -2.32. The van der Waals surface area contributed by atoms with E-state index in [0.717, 1.165) is 23.3 Å². The minimum Gasteiger partial charge on any atom is -0.381 e. The lowest BCUT2D eigenvalue weighted by atomic mass is 9.98. The number of nitrogens with one attached hydrogen (secondary N) is 2. The Labute approximate surface area is 192 Å². The molecule has 7 nitrogen and oxygen atoms in total. The number of carbonyl (C=O) groups excluding carboxylic acids is 3. The third kappa shape index (κ3) is 5.76. The summed E-state index contributed by atoms with van der Waals surface area (Å²) in [6.07, 6.45) is 0.519. The Hall–Kier alpha value is -2.68. The van der Waals surface area contributed by atoms with Gasteiger partial charge in [-0.05, 0) is 43.5 Å². The van der Waals surface area contributed by atoms with Crippen molar-refractivity contribution in [2.45, 2.75) is 49.3 Å². The number of nitrogens with zero attached hydrogens (tertiary/aromatic N) is 1. The van der Waals surface area contributed by atoms with Crippen LogP contribution in [0.4, 0.5) is 0 Å². The molecule has 1 heterocycles. The first-order valence-corrected chi connectivity index (χ1v) is 11.5. The molecule has 2 amide bonds. The summed E-state index contributed by atoms with van der Waals surface area (Å²) in [4.78, 5) is 39.5. The van der Waals surface area contributed by atoms with E-state index in [9.17, 15) is 19.5 Å². The third-order valence-corrected chi connectivity index (χ3v) is 6.41. The molecule has 170 valence electrons. The highest BCUT2D eigenvalue weighted by atomic mass is 32.2. The molecule has 1 aliphatic rings. The summed E-state index contributed by atoms with van der Waals surface area (Å²) in [5, 5.41) is 16.2. The van der Waals surface area contributed by atoms with Crippen LogP contribution in [0.25, 0.3) is 0 Å². The SMILES string of the molecule is CCCCNC(=O)[C@H](O)[C@H](Cc1ccccc1)NC(=O)C1C(=O)c2ccccc2SN1C. The zero-order valence-corrected chi connectivity index (χ0v) is 19.1. The Balaban J connectivity index is 1.78. The number of hydrogen-bond donors (Lipinski definition) is 3. The molecule has 0 aromatic heterocycles. The number of fused-ring (bicyclic) bond motifs is 1. The Morgan fingerprint density at radius 3 is 2.53 bits per heavy atom. The number of ketones is 1. The molecule has 2 aromatic carbocycles. The van der Waals surface area contributed by atoms with Gasteiger partial charge in [0, 0.05) is 17.0 Å². The van der Waals surface area contributed by atoms with Crippen molar-refractivity contribution in [1.29, 1.82) is 0 Å². The van der Waals surface area contributed by atoms with Crippen molar-refractivity contribution in [2.75, 3.05) is 13.6 Å². The fraction of sp³-hybridized carbons (Fsp3) is 0.375. The monoisotopic (exact) mass is 455 g/mol. The van der Waals surface area contributed by atoms with Gasteiger partial charge in [-0.25, -0.2) is 4.31 Å². The number of amides is 2. The van der Waals surface area contributed by atoms with Crippen LogP contribution in [-0.4, -0.2) is 58.8 Å². The van der Waals surface area contributed by atoms with Crippen LogP contribution in [0.2, 0.25) is 0 Å². The minimum atomic E-state index is -1.44. The molecule has 8 heteroatoms. The molecule has 32 heavy (non-hydrogen) atoms. The number of carbonyl (C=O) groups is 3. The molecule has 0 fully saturated rings. The summed E-state index contributed by atoms with van der Waals surface area (Å²) in [7, 11) is 1.68. The molecule has 0 spiro atoms. The highest BCUT2D eigenvalue weighted by Crippen LogP contribution is 2.33. The van der Waals surface area contributed by atoms with E-state index in [1.54, 1.807) is 23.5 Å². The van der Waals surface area contributed by atoms with Crippen molar-refractivity contribution in [3.8, 4) is 0 Å². The maximum atomic E-state index is 13.2. The fourth-order valence-corrected chi connectivity index (χ4v) is 4.61. The second-order valence-corrected chi connectivity index (χ2v) is 8.99. The zero-order valence-electron chi connectivity index (χ0n) is 18.3. The summed E-state index contributed by atoms with van der Waals surface area (Å²) in [5.74, 6) is -1.39. The first-order chi connectivity index (χ1) is 15.4. The molecule has 3 rings (SSSR count). The zero-order chi connectivity index (χ0) is 23.1. The van der Waals surface area contributed by atoms with E-state index in [0.29, 0.717) is 12.1 Å². The predicted molar refractivity (Wildman–Crippen MR) is 124 cm³/mol. The molecule has 0 bridgehead atoms. The quantitative estimate of drug-likeness (QED) is 0.305. The average molecular weight is 456 g/mol. The van der Waals surface area contributed by atoms with Gasteiger partial charge in [0.25, 0.3) is 5.91 Å². The molecule has 3 N–H and O–H groups in total. The van der Waals surface area contributed by atoms with E-state index in [-0.39, 0.29) is 12.2 Å². The minimum absolute atomic E-state index is 0.253. The van der Waals surface area contributed by atoms with Crippen molar-refractivity contribution >= 4 is 29.5 Å². The molecule has 3 atom stereocenters. The van der Waals surface area contributed by atoms with E-state index in [1.807, 2.05) is 49.4 Å². The largest absolute Gasteiger partial charge is 0.381 e. The van der Waals surface area contributed by atoms with Crippen molar-refractivity contribution in [1.82, 2.24) is 14.9 Å². The van der Waals surface area contributed by atoms with Crippen LogP contribution < -0.4 is 10.6 Å². The van der Waals surface area contributed by atoms with E-state index in [4.69, 9.17) is 0 Å². The van der Waals surface area contributed by atoms with E-state index in [1.165, 1.54) is 11.9 Å². The molecule has 2 aromatic rings. The molecular formula is C24H29N3O4S. The molecule has 0 radical (unpaired) electrons. The van der Waals surface area contributed by atoms with Crippen LogP contribution in [0.3, 0.4) is 0 Å². The maximum Gasteiger partial charge on any atom is 0.251 e. The van der Waals surface area contributed by atoms with Crippen molar-refractivity contribution < 1.29 is 19.5 Å². The number of aliphatic hydroxyl groups excluding tert-OH is 1. The van der Waals surface area contributed by atoms with Gasteiger partial charge in [-0.1, -0.05) is 61.9 Å². The van der Waals surface area contributed by atoms with Crippen LogP contribution in [-0.2, 0) is 16.0 Å². The van der Waals surface area contributed by atoms with Crippen LogP contribution >= 0.6 is 11.9 Å². The maximum absolute atomic E-state index is 13.2. The summed E-state index contributed by atoms with van der Waals surface area (Å²) in [5.41, 5.74) is 1.36. The van der Waals surface area contributed by atoms with Gasteiger partial charge in [0.15, 0.2) is 17.9 Å². The summed E-state index contributed by atoms with van der Waals surface area (Å²) >= 11 is 1.32. The van der Waals surface area contributed by atoms with Crippen molar-refractivity contribution in [3.63, 3.8) is 0 Å². The number of hydrogen-bond acceptors (Lipinski definition) is 6. The van der Waals surface area contributed by atoms with Gasteiger partial charge in [0.05, 0.1) is 6.04 Å². The first-order valence-electron chi connectivity index (χ1n) is 10.8. The van der Waals surface area contributed by atoms with Gasteiger partial charge in [0.1, 0.15) is 0 Å². The first kappa shape index (κ1) is 24.0. The smallest absolute Gasteiger partial charge is 0.251 e. The van der Waals surface area contributed by atoms with Crippen LogP contribution in [0, 0.1) is 0 Å². The van der Waals surface area contributed by atoms with Crippen molar-refractivity contribution in [3.05, 3.63) is 65.7 Å². The number of likely N-dealkylation sites (N-methyl/N-ethyl adjacent to an activating group) is 1. The van der Waals surface area contributed by atoms with Crippen molar-refractivity contribution in [2.24, 2.45) is 0 Å². The molecule has 0 saturated carbocycles. The third-order valence-electron chi connectivity index (χ3n) is 5.36. The number of aliphatic hydroxyl groups is 1. The van der Waals surface area contributed by atoms with Gasteiger partial charge in [-0.15, -0.1) is 0 Å². The number of unbranched alkanes of at least 4 members (excludes halogenated alkanes) is 1.